The highest BCUT2D eigenvalue weighted by molar-refractivity contribution is 5.92. The quantitative estimate of drug-likeness (QED) is 0.474. The lowest BCUT2D eigenvalue weighted by molar-refractivity contribution is -0.114. The number of likely N-dealkylation sites (tertiary alicyclic amines) is 1. The third kappa shape index (κ3) is 5.69. The Labute approximate surface area is 235 Å². The Kier molecular flexibility index (Phi) is 7.58. The molecule has 10 heteroatoms. The van der Waals surface area contributed by atoms with Gasteiger partial charge in [-0.15, -0.1) is 0 Å². The van der Waals surface area contributed by atoms with Gasteiger partial charge >= 0.3 is 6.09 Å². The van der Waals surface area contributed by atoms with Gasteiger partial charge in [-0.3, -0.25) is 4.79 Å². The maximum Gasteiger partial charge on any atom is 0.410 e. The van der Waals surface area contributed by atoms with Crippen LogP contribution >= 0.6 is 0 Å². The Morgan fingerprint density at radius 2 is 1.93 bits per heavy atom. The number of anilines is 1. The molecule has 5 rings (SSSR count). The van der Waals surface area contributed by atoms with Gasteiger partial charge in [-0.1, -0.05) is 0 Å². The van der Waals surface area contributed by atoms with E-state index >= 15 is 0 Å². The van der Waals surface area contributed by atoms with Crippen molar-refractivity contribution in [3.63, 3.8) is 0 Å². The highest BCUT2D eigenvalue weighted by Gasteiger charge is 2.39. The van der Waals surface area contributed by atoms with Crippen molar-refractivity contribution in [3.05, 3.63) is 47.4 Å². The van der Waals surface area contributed by atoms with Gasteiger partial charge in [-0.25, -0.2) is 14.8 Å². The average Bonchev–Trinajstić information content (AvgIpc) is 3.53. The molecule has 3 aromatic rings. The predicted molar refractivity (Wildman–Crippen MR) is 152 cm³/mol. The summed E-state index contributed by atoms with van der Waals surface area (Å²) < 4.78 is 19.3. The predicted octanol–water partition coefficient (Wildman–Crippen LogP) is 5.06. The first-order valence-electron chi connectivity index (χ1n) is 13.9. The molecule has 2 aliphatic rings. The fourth-order valence-electron chi connectivity index (χ4n) is 5.63. The van der Waals surface area contributed by atoms with Crippen molar-refractivity contribution in [2.24, 2.45) is 0 Å². The number of hydrogen-bond donors (Lipinski definition) is 1. The van der Waals surface area contributed by atoms with Crippen molar-refractivity contribution < 1.29 is 23.8 Å². The number of carbonyl (C=O) groups is 2. The number of piperidine rings is 1. The largest absolute Gasteiger partial charge is 0.444 e. The second-order valence-corrected chi connectivity index (χ2v) is 11.9. The van der Waals surface area contributed by atoms with Crippen LogP contribution in [0, 0.1) is 6.92 Å². The van der Waals surface area contributed by atoms with Crippen LogP contribution in [-0.2, 0) is 24.6 Å². The van der Waals surface area contributed by atoms with Gasteiger partial charge in [0, 0.05) is 64.0 Å². The number of fused-ring (bicyclic) bond motifs is 1. The minimum Gasteiger partial charge on any atom is -0.444 e. The molecule has 2 aliphatic heterocycles. The van der Waals surface area contributed by atoms with Crippen LogP contribution in [0.3, 0.4) is 0 Å². The number of aryl methyl sites for hydroxylation is 1. The first-order chi connectivity index (χ1) is 19.0. The van der Waals surface area contributed by atoms with Gasteiger partial charge in [0.2, 0.25) is 5.91 Å². The summed E-state index contributed by atoms with van der Waals surface area (Å²) >= 11 is 0. The zero-order chi connectivity index (χ0) is 28.7. The van der Waals surface area contributed by atoms with Crippen LogP contribution in [0.5, 0.6) is 0 Å². The zero-order valence-electron chi connectivity index (χ0n) is 24.2. The number of amides is 2. The second-order valence-electron chi connectivity index (χ2n) is 11.9. The summed E-state index contributed by atoms with van der Waals surface area (Å²) in [6.45, 7) is 11.5. The van der Waals surface area contributed by atoms with Gasteiger partial charge in [0.1, 0.15) is 22.8 Å². The Balaban J connectivity index is 1.53. The molecule has 0 bridgehead atoms. The molecule has 214 valence electrons. The summed E-state index contributed by atoms with van der Waals surface area (Å²) in [4.78, 5) is 35.8. The van der Waals surface area contributed by atoms with E-state index in [1.165, 1.54) is 6.92 Å². The lowest BCUT2D eigenvalue weighted by Crippen LogP contribution is -2.41. The maximum atomic E-state index is 12.6. The van der Waals surface area contributed by atoms with Gasteiger partial charge in [0.15, 0.2) is 0 Å². The van der Waals surface area contributed by atoms with E-state index < -0.39 is 11.2 Å². The van der Waals surface area contributed by atoms with E-state index in [1.807, 2.05) is 33.0 Å². The van der Waals surface area contributed by atoms with E-state index in [0.29, 0.717) is 32.1 Å². The normalized spacial score (nSPS) is 20.2. The summed E-state index contributed by atoms with van der Waals surface area (Å²) in [6.07, 6.45) is 6.04. The fraction of sp³-hybridized carbons (Fsp3) is 0.533. The van der Waals surface area contributed by atoms with Crippen LogP contribution in [0.25, 0.3) is 16.7 Å². The highest BCUT2D eigenvalue weighted by Crippen LogP contribution is 2.38. The van der Waals surface area contributed by atoms with Crippen LogP contribution in [0.1, 0.15) is 69.7 Å². The molecule has 1 unspecified atom stereocenters. The van der Waals surface area contributed by atoms with Gasteiger partial charge < -0.3 is 29.0 Å². The topological polar surface area (TPSA) is 108 Å². The van der Waals surface area contributed by atoms with E-state index in [2.05, 4.69) is 40.1 Å². The van der Waals surface area contributed by atoms with Gasteiger partial charge in [0.25, 0.3) is 0 Å². The molecule has 2 fully saturated rings. The van der Waals surface area contributed by atoms with Crippen LogP contribution in [0.2, 0.25) is 0 Å². The van der Waals surface area contributed by atoms with Crippen LogP contribution in [0.4, 0.5) is 10.6 Å². The van der Waals surface area contributed by atoms with E-state index in [-0.39, 0.29) is 17.9 Å². The van der Waals surface area contributed by atoms with Crippen molar-refractivity contribution in [2.45, 2.75) is 71.0 Å². The van der Waals surface area contributed by atoms with Crippen molar-refractivity contribution >= 4 is 28.7 Å². The number of aromatic nitrogens is 3. The zero-order valence-corrected chi connectivity index (χ0v) is 24.2. The Morgan fingerprint density at radius 1 is 1.18 bits per heavy atom. The van der Waals surface area contributed by atoms with E-state index in [4.69, 9.17) is 19.2 Å². The molecule has 0 radical (unpaired) electrons. The van der Waals surface area contributed by atoms with Crippen molar-refractivity contribution in [2.75, 3.05) is 38.7 Å². The van der Waals surface area contributed by atoms with Crippen LogP contribution in [-0.4, -0.2) is 70.4 Å². The number of methoxy groups -OCH3 is 1. The molecule has 1 N–H and O–H groups in total. The minimum atomic E-state index is -0.579. The van der Waals surface area contributed by atoms with E-state index in [9.17, 15) is 9.59 Å². The molecule has 0 aromatic carbocycles. The van der Waals surface area contributed by atoms with Gasteiger partial charge in [-0.2, -0.15) is 0 Å². The summed E-state index contributed by atoms with van der Waals surface area (Å²) in [5.41, 5.74) is 2.85. The number of carbonyl (C=O) groups excluding carboxylic acids is 2. The lowest BCUT2D eigenvalue weighted by atomic mass is 9.89. The molecular weight excluding hydrogens is 510 g/mol. The number of nitrogens with one attached hydrogen (secondary N) is 1. The number of ether oxygens (including phenoxy) is 3. The maximum absolute atomic E-state index is 12.6. The second kappa shape index (κ2) is 10.8. The molecule has 0 aliphatic carbocycles. The highest BCUT2D eigenvalue weighted by atomic mass is 16.6. The minimum absolute atomic E-state index is 0.182. The smallest absolute Gasteiger partial charge is 0.410 e. The van der Waals surface area contributed by atoms with Crippen LogP contribution < -0.4 is 5.32 Å². The summed E-state index contributed by atoms with van der Waals surface area (Å²) in [5.74, 6) is 1.30. The van der Waals surface area contributed by atoms with Crippen LogP contribution in [0.15, 0.2) is 30.6 Å². The third-order valence-corrected chi connectivity index (χ3v) is 7.66. The molecule has 2 saturated heterocycles. The van der Waals surface area contributed by atoms with Crippen molar-refractivity contribution in [1.82, 2.24) is 19.4 Å². The Bertz CT molecular complexity index is 1410. The number of rotatable bonds is 5. The first kappa shape index (κ1) is 28.0. The molecule has 2 amide bonds. The number of pyridine rings is 2. The number of nitrogens with zero attached hydrogens (tertiary/aromatic N) is 4. The standard InChI is InChI=1S/C30H39N5O5/c1-19-13-25(30(38-6)9-12-39-18-30)33-27(14-19)35-17-23(22-16-31-26(15-24(22)35)32-20(2)36)21-7-10-34(11-8-21)28(37)40-29(3,4)5/h13-17,21H,7-12,18H2,1-6H3,(H,31,32,36). The molecule has 3 aromatic heterocycles. The molecular formula is C30H39N5O5. The van der Waals surface area contributed by atoms with E-state index in [1.54, 1.807) is 12.0 Å². The molecule has 5 heterocycles. The Hall–Kier alpha value is -3.50. The SMILES string of the molecule is COC1(c2cc(C)cc(-n3cc(C4CCN(C(=O)OC(C)(C)C)CC4)c4cnc(NC(C)=O)cc43)n2)CCOC1. The van der Waals surface area contributed by atoms with Crippen molar-refractivity contribution in [1.29, 1.82) is 0 Å². The molecule has 0 spiro atoms. The van der Waals surface area contributed by atoms with Crippen molar-refractivity contribution in [3.8, 4) is 5.82 Å². The molecule has 1 atom stereocenters. The number of hydrogen-bond acceptors (Lipinski definition) is 7. The fourth-order valence-corrected chi connectivity index (χ4v) is 5.63. The van der Waals surface area contributed by atoms with Gasteiger partial charge in [0.05, 0.1) is 17.8 Å². The lowest BCUT2D eigenvalue weighted by Gasteiger charge is -2.33. The summed E-state index contributed by atoms with van der Waals surface area (Å²) in [5, 5.41) is 3.81. The summed E-state index contributed by atoms with van der Waals surface area (Å²) in [7, 11) is 1.70. The average molecular weight is 550 g/mol. The molecule has 0 saturated carbocycles. The Morgan fingerprint density at radius 3 is 2.55 bits per heavy atom. The molecule has 10 nitrogen and oxygen atoms in total. The van der Waals surface area contributed by atoms with E-state index in [0.717, 1.165) is 52.8 Å². The first-order valence-corrected chi connectivity index (χ1v) is 13.9. The molecule has 40 heavy (non-hydrogen) atoms. The summed E-state index contributed by atoms with van der Waals surface area (Å²) in [6, 6.07) is 6.00. The third-order valence-electron chi connectivity index (χ3n) is 7.66. The van der Waals surface area contributed by atoms with Gasteiger partial charge in [-0.05, 0) is 69.7 Å². The monoisotopic (exact) mass is 549 g/mol.